The molecular formula is C15H18N6OS. The van der Waals surface area contributed by atoms with Crippen LogP contribution in [0.25, 0.3) is 10.2 Å². The Kier molecular flexibility index (Phi) is 4.24. The third-order valence-electron chi connectivity index (χ3n) is 3.41. The van der Waals surface area contributed by atoms with Crippen LogP contribution in [0.3, 0.4) is 0 Å². The number of fused-ring (bicyclic) bond motifs is 1. The van der Waals surface area contributed by atoms with Crippen LogP contribution >= 0.6 is 11.3 Å². The molecule has 0 unspecified atom stereocenters. The van der Waals surface area contributed by atoms with Gasteiger partial charge in [0.05, 0.1) is 5.39 Å². The van der Waals surface area contributed by atoms with Crippen LogP contribution in [0.2, 0.25) is 0 Å². The number of amides is 1. The van der Waals surface area contributed by atoms with E-state index in [-0.39, 0.29) is 12.5 Å². The molecular weight excluding hydrogens is 312 g/mol. The highest BCUT2D eigenvalue weighted by molar-refractivity contribution is 7.18. The number of nitrogens with one attached hydrogen (secondary N) is 1. The van der Waals surface area contributed by atoms with Crippen molar-refractivity contribution in [3.63, 3.8) is 0 Å². The number of hydrogen-bond acceptors (Lipinski definition) is 6. The number of likely N-dealkylation sites (N-methyl/N-ethyl adjacent to an activating group) is 1. The van der Waals surface area contributed by atoms with Crippen LogP contribution in [0.4, 0.5) is 11.6 Å². The number of rotatable bonds is 5. The van der Waals surface area contributed by atoms with Crippen LogP contribution in [0.1, 0.15) is 11.8 Å². The minimum atomic E-state index is -0.00509. The molecule has 0 bridgehead atoms. The van der Waals surface area contributed by atoms with E-state index in [0.717, 1.165) is 22.5 Å². The number of aryl methyl sites for hydroxylation is 1. The Morgan fingerprint density at radius 1 is 1.39 bits per heavy atom. The summed E-state index contributed by atoms with van der Waals surface area (Å²) in [6.45, 7) is 2.33. The molecule has 0 saturated heterocycles. The molecule has 8 heteroatoms. The second-order valence-corrected chi connectivity index (χ2v) is 6.43. The van der Waals surface area contributed by atoms with E-state index in [0.29, 0.717) is 5.82 Å². The summed E-state index contributed by atoms with van der Waals surface area (Å²) in [6.07, 6.45) is 4.29. The molecule has 0 spiro atoms. The molecule has 0 atom stereocenters. The summed E-state index contributed by atoms with van der Waals surface area (Å²) in [4.78, 5) is 24.1. The summed E-state index contributed by atoms with van der Waals surface area (Å²) < 4.78 is 1.61. The van der Waals surface area contributed by atoms with Crippen LogP contribution in [0, 0.1) is 0 Å². The summed E-state index contributed by atoms with van der Waals surface area (Å²) in [5, 5.41) is 8.56. The van der Waals surface area contributed by atoms with Crippen molar-refractivity contribution >= 4 is 39.1 Å². The lowest BCUT2D eigenvalue weighted by atomic mass is 10.3. The van der Waals surface area contributed by atoms with E-state index in [4.69, 9.17) is 0 Å². The smallest absolute Gasteiger partial charge is 0.243 e. The highest BCUT2D eigenvalue weighted by Crippen LogP contribution is 2.29. The predicted octanol–water partition coefficient (Wildman–Crippen LogP) is 2.28. The minimum absolute atomic E-state index is 0.00509. The quantitative estimate of drug-likeness (QED) is 0.777. The zero-order valence-corrected chi connectivity index (χ0v) is 14.1. The fourth-order valence-electron chi connectivity index (χ4n) is 2.10. The zero-order valence-electron chi connectivity index (χ0n) is 13.3. The van der Waals surface area contributed by atoms with Crippen LogP contribution in [-0.2, 0) is 17.8 Å². The number of nitrogens with zero attached hydrogens (tertiary/aromatic N) is 5. The number of hydrogen-bond donors (Lipinski definition) is 1. The van der Waals surface area contributed by atoms with Crippen molar-refractivity contribution < 1.29 is 4.79 Å². The first-order chi connectivity index (χ1) is 11.1. The molecule has 0 radical (unpaired) electrons. The zero-order chi connectivity index (χ0) is 16.4. The van der Waals surface area contributed by atoms with Crippen molar-refractivity contribution in [2.24, 2.45) is 0 Å². The normalized spacial score (nSPS) is 10.9. The highest BCUT2D eigenvalue weighted by Gasteiger charge is 2.10. The van der Waals surface area contributed by atoms with Gasteiger partial charge >= 0.3 is 0 Å². The first kappa shape index (κ1) is 15.4. The SMILES string of the molecule is CCc1cc2c(Nc3ccn(CC(=O)N(C)C)n3)ncnc2s1. The molecule has 0 aromatic carbocycles. The van der Waals surface area contributed by atoms with Crippen LogP contribution in [0.5, 0.6) is 0 Å². The molecule has 23 heavy (non-hydrogen) atoms. The van der Waals surface area contributed by atoms with E-state index in [1.165, 1.54) is 4.88 Å². The minimum Gasteiger partial charge on any atom is -0.347 e. The van der Waals surface area contributed by atoms with E-state index in [1.807, 2.05) is 6.07 Å². The van der Waals surface area contributed by atoms with E-state index in [1.54, 1.807) is 47.5 Å². The van der Waals surface area contributed by atoms with Gasteiger partial charge in [0.25, 0.3) is 0 Å². The van der Waals surface area contributed by atoms with Crippen LogP contribution in [0.15, 0.2) is 24.7 Å². The van der Waals surface area contributed by atoms with Gasteiger partial charge in [-0.05, 0) is 12.5 Å². The molecule has 1 amide bonds. The van der Waals surface area contributed by atoms with Gasteiger partial charge in [0.2, 0.25) is 5.91 Å². The lowest BCUT2D eigenvalue weighted by Crippen LogP contribution is -2.26. The molecule has 3 rings (SSSR count). The Morgan fingerprint density at radius 3 is 2.96 bits per heavy atom. The highest BCUT2D eigenvalue weighted by atomic mass is 32.1. The van der Waals surface area contributed by atoms with Crippen LogP contribution < -0.4 is 5.32 Å². The van der Waals surface area contributed by atoms with Gasteiger partial charge in [-0.2, -0.15) is 5.10 Å². The standard InChI is InChI=1S/C15H18N6OS/c1-4-10-7-11-14(16-9-17-15(11)23-10)18-12-5-6-21(19-12)8-13(22)20(2)3/h5-7,9H,4,8H2,1-3H3,(H,16,17,18,19). The summed E-state index contributed by atoms with van der Waals surface area (Å²) in [5.41, 5.74) is 0. The van der Waals surface area contributed by atoms with Gasteiger partial charge in [0.1, 0.15) is 23.5 Å². The maximum Gasteiger partial charge on any atom is 0.243 e. The second-order valence-electron chi connectivity index (χ2n) is 5.32. The monoisotopic (exact) mass is 330 g/mol. The predicted molar refractivity (Wildman–Crippen MR) is 91.0 cm³/mol. The molecule has 1 N–H and O–H groups in total. The van der Waals surface area contributed by atoms with Crippen molar-refractivity contribution in [2.45, 2.75) is 19.9 Å². The number of aromatic nitrogens is 4. The van der Waals surface area contributed by atoms with Gasteiger partial charge in [-0.3, -0.25) is 9.48 Å². The van der Waals surface area contributed by atoms with Gasteiger partial charge in [-0.15, -0.1) is 11.3 Å². The Bertz CT molecular complexity index is 837. The molecule has 7 nitrogen and oxygen atoms in total. The van der Waals surface area contributed by atoms with Gasteiger partial charge < -0.3 is 10.2 Å². The van der Waals surface area contributed by atoms with E-state index >= 15 is 0 Å². The Labute approximate surface area is 138 Å². The Balaban J connectivity index is 1.81. The first-order valence-electron chi connectivity index (χ1n) is 7.31. The molecule has 0 aliphatic heterocycles. The van der Waals surface area contributed by atoms with E-state index in [9.17, 15) is 4.79 Å². The number of carbonyl (C=O) groups is 1. The topological polar surface area (TPSA) is 75.9 Å². The van der Waals surface area contributed by atoms with Gasteiger partial charge in [0, 0.05) is 31.2 Å². The average molecular weight is 330 g/mol. The van der Waals surface area contributed by atoms with E-state index < -0.39 is 0 Å². The molecule has 0 fully saturated rings. The molecule has 120 valence electrons. The van der Waals surface area contributed by atoms with Gasteiger partial charge in [0.15, 0.2) is 5.82 Å². The molecule has 3 aromatic rings. The van der Waals surface area contributed by atoms with Crippen molar-refractivity contribution in [2.75, 3.05) is 19.4 Å². The van der Waals surface area contributed by atoms with Crippen molar-refractivity contribution in [3.05, 3.63) is 29.5 Å². The summed E-state index contributed by atoms with van der Waals surface area (Å²) in [5.74, 6) is 1.38. The lowest BCUT2D eigenvalue weighted by Gasteiger charge is -2.09. The summed E-state index contributed by atoms with van der Waals surface area (Å²) in [6, 6.07) is 3.93. The van der Waals surface area contributed by atoms with Crippen LogP contribution in [-0.4, -0.2) is 44.7 Å². The maximum atomic E-state index is 11.7. The number of carbonyl (C=O) groups excluding carboxylic acids is 1. The first-order valence-corrected chi connectivity index (χ1v) is 8.12. The number of thiophene rings is 1. The van der Waals surface area contributed by atoms with Crippen molar-refractivity contribution in [1.82, 2.24) is 24.6 Å². The van der Waals surface area contributed by atoms with E-state index in [2.05, 4.69) is 33.4 Å². The summed E-state index contributed by atoms with van der Waals surface area (Å²) in [7, 11) is 3.45. The van der Waals surface area contributed by atoms with Crippen molar-refractivity contribution in [3.8, 4) is 0 Å². The third kappa shape index (κ3) is 3.31. The molecule has 3 aromatic heterocycles. The average Bonchev–Trinajstić information content (AvgIpc) is 3.14. The molecule has 0 aliphatic rings. The molecule has 0 saturated carbocycles. The second kappa shape index (κ2) is 6.33. The van der Waals surface area contributed by atoms with Crippen molar-refractivity contribution in [1.29, 1.82) is 0 Å². The number of anilines is 2. The molecule has 3 heterocycles. The largest absolute Gasteiger partial charge is 0.347 e. The van der Waals surface area contributed by atoms with Gasteiger partial charge in [-0.25, -0.2) is 9.97 Å². The summed E-state index contributed by atoms with van der Waals surface area (Å²) >= 11 is 1.67. The Hall–Kier alpha value is -2.48. The lowest BCUT2D eigenvalue weighted by molar-refractivity contribution is -0.129. The maximum absolute atomic E-state index is 11.7. The van der Waals surface area contributed by atoms with Gasteiger partial charge in [-0.1, -0.05) is 6.92 Å². The fourth-order valence-corrected chi connectivity index (χ4v) is 3.03. The Morgan fingerprint density at radius 2 is 2.22 bits per heavy atom. The fraction of sp³-hybridized carbons (Fsp3) is 0.333. The molecule has 0 aliphatic carbocycles. The third-order valence-corrected chi connectivity index (χ3v) is 4.60.